The fraction of sp³-hybridized carbons (Fsp3) is 1.00. The van der Waals surface area contributed by atoms with Crippen molar-refractivity contribution in [3.8, 4) is 0 Å². The zero-order chi connectivity index (χ0) is 13.5. The monoisotopic (exact) mass is 264 g/mol. The third kappa shape index (κ3) is 2.85. The zero-order valence-electron chi connectivity index (χ0n) is 13.2. The minimum Gasteiger partial charge on any atom is -0.298 e. The molecule has 3 aliphatic rings. The van der Waals surface area contributed by atoms with E-state index in [0.29, 0.717) is 5.41 Å². The number of rotatable bonds is 2. The molecule has 0 aromatic carbocycles. The molecule has 0 amide bonds. The maximum Gasteiger partial charge on any atom is 0.0224 e. The Balaban J connectivity index is 1.65. The van der Waals surface area contributed by atoms with Gasteiger partial charge in [0.05, 0.1) is 0 Å². The summed E-state index contributed by atoms with van der Waals surface area (Å²) >= 11 is 0. The number of nitrogens with zero attached hydrogens (tertiary/aromatic N) is 2. The van der Waals surface area contributed by atoms with Gasteiger partial charge < -0.3 is 0 Å². The van der Waals surface area contributed by atoms with Gasteiger partial charge in [-0.05, 0) is 56.9 Å². The molecule has 110 valence electrons. The van der Waals surface area contributed by atoms with E-state index in [2.05, 4.69) is 30.6 Å². The van der Waals surface area contributed by atoms with Crippen LogP contribution in [0.1, 0.15) is 65.7 Å². The maximum atomic E-state index is 2.92. The molecule has 2 saturated heterocycles. The lowest BCUT2D eigenvalue weighted by molar-refractivity contribution is -0.00442. The van der Waals surface area contributed by atoms with Crippen molar-refractivity contribution >= 4 is 0 Å². The van der Waals surface area contributed by atoms with E-state index < -0.39 is 0 Å². The molecule has 0 radical (unpaired) electrons. The smallest absolute Gasteiger partial charge is 0.0224 e. The van der Waals surface area contributed by atoms with Crippen LogP contribution in [-0.2, 0) is 0 Å². The summed E-state index contributed by atoms with van der Waals surface area (Å²) in [6, 6.07) is 2.61. The van der Waals surface area contributed by atoms with E-state index in [0.717, 1.165) is 18.1 Å². The van der Waals surface area contributed by atoms with Gasteiger partial charge in [0.15, 0.2) is 0 Å². The lowest BCUT2D eigenvalue weighted by Gasteiger charge is -2.49. The van der Waals surface area contributed by atoms with Crippen molar-refractivity contribution in [2.45, 2.75) is 83.8 Å². The second-order valence-electron chi connectivity index (χ2n) is 7.95. The van der Waals surface area contributed by atoms with E-state index in [1.54, 1.807) is 0 Å². The normalized spacial score (nSPS) is 37.4. The SMILES string of the molecule is CCC1CN2CCCC2CN1C1CCC(C)(C)CC1. The van der Waals surface area contributed by atoms with E-state index >= 15 is 0 Å². The van der Waals surface area contributed by atoms with E-state index in [1.165, 1.54) is 64.6 Å². The molecular formula is C17H32N2. The van der Waals surface area contributed by atoms with Crippen LogP contribution in [0.4, 0.5) is 0 Å². The Kier molecular flexibility index (Phi) is 3.92. The predicted molar refractivity (Wildman–Crippen MR) is 81.4 cm³/mol. The number of hydrogen-bond donors (Lipinski definition) is 0. The lowest BCUT2D eigenvalue weighted by atomic mass is 9.75. The molecule has 2 nitrogen and oxygen atoms in total. The maximum absolute atomic E-state index is 2.92. The molecule has 2 heterocycles. The molecule has 1 saturated carbocycles. The third-order valence-corrected chi connectivity index (χ3v) is 6.08. The van der Waals surface area contributed by atoms with Gasteiger partial charge in [-0.1, -0.05) is 20.8 Å². The zero-order valence-corrected chi connectivity index (χ0v) is 13.2. The van der Waals surface area contributed by atoms with Gasteiger partial charge in [0.2, 0.25) is 0 Å². The number of fused-ring (bicyclic) bond motifs is 1. The van der Waals surface area contributed by atoms with E-state index in [1.807, 2.05) is 0 Å². The first kappa shape index (κ1) is 13.9. The largest absolute Gasteiger partial charge is 0.298 e. The van der Waals surface area contributed by atoms with Crippen molar-refractivity contribution in [1.82, 2.24) is 9.80 Å². The van der Waals surface area contributed by atoms with Crippen molar-refractivity contribution in [1.29, 1.82) is 0 Å². The highest BCUT2D eigenvalue weighted by molar-refractivity contribution is 4.96. The summed E-state index contributed by atoms with van der Waals surface area (Å²) in [7, 11) is 0. The van der Waals surface area contributed by atoms with Crippen LogP contribution >= 0.6 is 0 Å². The van der Waals surface area contributed by atoms with E-state index in [-0.39, 0.29) is 0 Å². The Morgan fingerprint density at radius 2 is 1.74 bits per heavy atom. The Bertz CT molecular complexity index is 302. The number of piperazine rings is 1. The van der Waals surface area contributed by atoms with Crippen LogP contribution < -0.4 is 0 Å². The summed E-state index contributed by atoms with van der Waals surface area (Å²) in [5.74, 6) is 0. The van der Waals surface area contributed by atoms with E-state index in [9.17, 15) is 0 Å². The van der Waals surface area contributed by atoms with Gasteiger partial charge in [-0.15, -0.1) is 0 Å². The van der Waals surface area contributed by atoms with Gasteiger partial charge in [-0.3, -0.25) is 9.80 Å². The predicted octanol–water partition coefficient (Wildman–Crippen LogP) is 3.51. The first-order valence-electron chi connectivity index (χ1n) is 8.59. The second kappa shape index (κ2) is 5.37. The van der Waals surface area contributed by atoms with Crippen molar-refractivity contribution in [2.75, 3.05) is 19.6 Å². The molecule has 0 N–H and O–H groups in total. The summed E-state index contributed by atoms with van der Waals surface area (Å²) < 4.78 is 0. The standard InChI is InChI=1S/C17H32N2/c1-4-14-12-18-11-5-6-16(18)13-19(14)15-7-9-17(2,3)10-8-15/h14-16H,4-13H2,1-3H3. The minimum atomic E-state index is 0.605. The van der Waals surface area contributed by atoms with Crippen LogP contribution in [0.3, 0.4) is 0 Å². The van der Waals surface area contributed by atoms with Crippen LogP contribution in [0.15, 0.2) is 0 Å². The molecule has 2 atom stereocenters. The Labute approximate surface area is 119 Å². The molecule has 0 aromatic rings. The Morgan fingerprint density at radius 3 is 2.42 bits per heavy atom. The molecule has 2 heteroatoms. The number of hydrogen-bond acceptors (Lipinski definition) is 2. The molecule has 3 rings (SSSR count). The molecule has 0 spiro atoms. The highest BCUT2D eigenvalue weighted by Gasteiger charge is 2.40. The summed E-state index contributed by atoms with van der Waals surface area (Å²) in [6.45, 7) is 11.4. The topological polar surface area (TPSA) is 6.48 Å². The Hall–Kier alpha value is -0.0800. The Morgan fingerprint density at radius 1 is 1.00 bits per heavy atom. The van der Waals surface area contributed by atoms with Crippen molar-refractivity contribution in [2.24, 2.45) is 5.41 Å². The molecule has 1 aliphatic carbocycles. The first-order chi connectivity index (χ1) is 9.09. The molecule has 19 heavy (non-hydrogen) atoms. The van der Waals surface area contributed by atoms with Gasteiger partial charge in [-0.25, -0.2) is 0 Å². The van der Waals surface area contributed by atoms with Crippen LogP contribution in [0.2, 0.25) is 0 Å². The van der Waals surface area contributed by atoms with E-state index in [4.69, 9.17) is 0 Å². The lowest BCUT2D eigenvalue weighted by Crippen LogP contribution is -2.59. The van der Waals surface area contributed by atoms with Gasteiger partial charge >= 0.3 is 0 Å². The molecule has 3 fully saturated rings. The fourth-order valence-electron chi connectivity index (χ4n) is 4.64. The summed E-state index contributed by atoms with van der Waals surface area (Å²) in [6.07, 6.45) is 9.96. The quantitative estimate of drug-likeness (QED) is 0.753. The minimum absolute atomic E-state index is 0.605. The van der Waals surface area contributed by atoms with Crippen molar-refractivity contribution in [3.63, 3.8) is 0 Å². The van der Waals surface area contributed by atoms with Gasteiger partial charge in [0, 0.05) is 31.2 Å². The second-order valence-corrected chi connectivity index (χ2v) is 7.95. The highest BCUT2D eigenvalue weighted by atomic mass is 15.3. The van der Waals surface area contributed by atoms with Gasteiger partial charge in [-0.2, -0.15) is 0 Å². The summed E-state index contributed by atoms with van der Waals surface area (Å²) in [5.41, 5.74) is 0.605. The van der Waals surface area contributed by atoms with Crippen LogP contribution in [0.25, 0.3) is 0 Å². The summed E-state index contributed by atoms with van der Waals surface area (Å²) in [4.78, 5) is 5.69. The fourth-order valence-corrected chi connectivity index (χ4v) is 4.64. The molecular weight excluding hydrogens is 232 g/mol. The van der Waals surface area contributed by atoms with Crippen LogP contribution in [-0.4, -0.2) is 47.6 Å². The third-order valence-electron chi connectivity index (χ3n) is 6.08. The van der Waals surface area contributed by atoms with Crippen LogP contribution in [0, 0.1) is 5.41 Å². The molecule has 2 aliphatic heterocycles. The van der Waals surface area contributed by atoms with Crippen LogP contribution in [0.5, 0.6) is 0 Å². The summed E-state index contributed by atoms with van der Waals surface area (Å²) in [5, 5.41) is 0. The molecule has 0 aromatic heterocycles. The molecule has 0 bridgehead atoms. The van der Waals surface area contributed by atoms with Gasteiger partial charge in [0.1, 0.15) is 0 Å². The van der Waals surface area contributed by atoms with Crippen molar-refractivity contribution in [3.05, 3.63) is 0 Å². The average Bonchev–Trinajstić information content (AvgIpc) is 2.84. The van der Waals surface area contributed by atoms with Crippen molar-refractivity contribution < 1.29 is 0 Å². The van der Waals surface area contributed by atoms with Gasteiger partial charge in [0.25, 0.3) is 0 Å². The first-order valence-corrected chi connectivity index (χ1v) is 8.59. The highest BCUT2D eigenvalue weighted by Crippen LogP contribution is 2.39. The molecule has 2 unspecified atom stereocenters. The average molecular weight is 264 g/mol.